The third-order valence-corrected chi connectivity index (χ3v) is 3.95. The molecule has 4 heteroatoms. The van der Waals surface area contributed by atoms with Crippen LogP contribution in [0.5, 0.6) is 5.75 Å². The molecule has 0 aromatic heterocycles. The van der Waals surface area contributed by atoms with Crippen LogP contribution in [0.2, 0.25) is 0 Å². The molecular formula is C18H22N2OS. The molecule has 0 fully saturated rings. The van der Waals surface area contributed by atoms with Gasteiger partial charge in [0.25, 0.3) is 0 Å². The van der Waals surface area contributed by atoms with Gasteiger partial charge in [0.1, 0.15) is 5.75 Å². The number of hydrogen-bond acceptors (Lipinski definition) is 2. The third-order valence-electron chi connectivity index (χ3n) is 3.73. The average molecular weight is 314 g/mol. The van der Waals surface area contributed by atoms with Gasteiger partial charge in [-0.3, -0.25) is 0 Å². The summed E-state index contributed by atoms with van der Waals surface area (Å²) in [7, 11) is 1.65. The lowest BCUT2D eigenvalue weighted by molar-refractivity contribution is 0.415. The summed E-state index contributed by atoms with van der Waals surface area (Å²) in [5, 5.41) is 7.10. The molecule has 0 saturated heterocycles. The summed E-state index contributed by atoms with van der Waals surface area (Å²) in [6.45, 7) is 6.35. The summed E-state index contributed by atoms with van der Waals surface area (Å²) in [4.78, 5) is 0. The fourth-order valence-corrected chi connectivity index (χ4v) is 2.45. The van der Waals surface area contributed by atoms with Crippen molar-refractivity contribution < 1.29 is 4.74 Å². The lowest BCUT2D eigenvalue weighted by Gasteiger charge is -2.18. The molecule has 116 valence electrons. The van der Waals surface area contributed by atoms with Gasteiger partial charge in [-0.1, -0.05) is 18.2 Å². The summed E-state index contributed by atoms with van der Waals surface area (Å²) in [5.41, 5.74) is 4.75. The normalized spacial score (nSPS) is 11.6. The topological polar surface area (TPSA) is 33.3 Å². The molecule has 22 heavy (non-hydrogen) atoms. The number of benzene rings is 2. The van der Waals surface area contributed by atoms with Crippen LogP contribution in [-0.4, -0.2) is 12.2 Å². The van der Waals surface area contributed by atoms with Gasteiger partial charge in [0.05, 0.1) is 13.2 Å². The highest BCUT2D eigenvalue weighted by molar-refractivity contribution is 7.80. The molecule has 0 aliphatic carbocycles. The van der Waals surface area contributed by atoms with E-state index < -0.39 is 0 Å². The molecule has 2 aromatic carbocycles. The molecule has 0 aliphatic rings. The summed E-state index contributed by atoms with van der Waals surface area (Å²) in [6, 6.07) is 14.3. The molecule has 2 N–H and O–H groups in total. The number of thiocarbonyl (C=S) groups is 1. The van der Waals surface area contributed by atoms with Crippen LogP contribution in [0.25, 0.3) is 0 Å². The fraction of sp³-hybridized carbons (Fsp3) is 0.278. The zero-order valence-corrected chi connectivity index (χ0v) is 14.3. The molecule has 2 aromatic rings. The molecule has 2 rings (SSSR count). The van der Waals surface area contributed by atoms with E-state index in [1.807, 2.05) is 24.3 Å². The van der Waals surface area contributed by atoms with Gasteiger partial charge in [0, 0.05) is 5.69 Å². The SMILES string of the molecule is COc1ccc(NC(=S)N[C@@H](C)c2ccc(C)c(C)c2)cc1. The Hall–Kier alpha value is -2.07. The van der Waals surface area contributed by atoms with Crippen molar-refractivity contribution >= 4 is 23.0 Å². The van der Waals surface area contributed by atoms with E-state index in [9.17, 15) is 0 Å². The van der Waals surface area contributed by atoms with Crippen LogP contribution >= 0.6 is 12.2 Å². The molecule has 1 atom stereocenters. The summed E-state index contributed by atoms with van der Waals surface area (Å²) < 4.78 is 5.14. The van der Waals surface area contributed by atoms with Crippen LogP contribution in [0.15, 0.2) is 42.5 Å². The van der Waals surface area contributed by atoms with E-state index in [1.54, 1.807) is 7.11 Å². The van der Waals surface area contributed by atoms with E-state index in [2.05, 4.69) is 49.6 Å². The molecule has 0 saturated carbocycles. The zero-order chi connectivity index (χ0) is 16.1. The second-order valence-electron chi connectivity index (χ2n) is 5.39. The molecule has 0 bridgehead atoms. The van der Waals surface area contributed by atoms with E-state index in [0.29, 0.717) is 5.11 Å². The first-order valence-electron chi connectivity index (χ1n) is 7.28. The third kappa shape index (κ3) is 4.21. The summed E-state index contributed by atoms with van der Waals surface area (Å²) in [5.74, 6) is 0.827. The van der Waals surface area contributed by atoms with Gasteiger partial charge in [-0.15, -0.1) is 0 Å². The lowest BCUT2D eigenvalue weighted by atomic mass is 10.0. The molecule has 0 amide bonds. The zero-order valence-electron chi connectivity index (χ0n) is 13.4. The highest BCUT2D eigenvalue weighted by atomic mass is 32.1. The van der Waals surface area contributed by atoms with E-state index in [-0.39, 0.29) is 6.04 Å². The van der Waals surface area contributed by atoms with Crippen LogP contribution < -0.4 is 15.4 Å². The maximum absolute atomic E-state index is 5.38. The van der Waals surface area contributed by atoms with Crippen molar-refractivity contribution in [3.05, 3.63) is 59.2 Å². The summed E-state index contributed by atoms with van der Waals surface area (Å²) >= 11 is 5.38. The predicted octanol–water partition coefficient (Wildman–Crippen LogP) is 4.36. The first-order valence-corrected chi connectivity index (χ1v) is 7.69. The molecule has 3 nitrogen and oxygen atoms in total. The molecule has 0 radical (unpaired) electrons. The quantitative estimate of drug-likeness (QED) is 0.822. The van der Waals surface area contributed by atoms with Gasteiger partial charge in [0.2, 0.25) is 0 Å². The standard InChI is InChI=1S/C18H22N2OS/c1-12-5-6-15(11-13(12)2)14(3)19-18(22)20-16-7-9-17(21-4)10-8-16/h5-11,14H,1-4H3,(H2,19,20,22)/t14-/m0/s1. The number of hydrogen-bond donors (Lipinski definition) is 2. The number of anilines is 1. The van der Waals surface area contributed by atoms with Crippen molar-refractivity contribution in [2.24, 2.45) is 0 Å². The Morgan fingerprint density at radius 1 is 1.05 bits per heavy atom. The highest BCUT2D eigenvalue weighted by Gasteiger charge is 2.08. The minimum Gasteiger partial charge on any atom is -0.497 e. The van der Waals surface area contributed by atoms with Crippen molar-refractivity contribution in [1.29, 1.82) is 0 Å². The van der Waals surface area contributed by atoms with Crippen molar-refractivity contribution in [1.82, 2.24) is 5.32 Å². The molecule has 0 spiro atoms. The van der Waals surface area contributed by atoms with Gasteiger partial charge in [0.15, 0.2) is 5.11 Å². The lowest BCUT2D eigenvalue weighted by Crippen LogP contribution is -2.30. The smallest absolute Gasteiger partial charge is 0.171 e. The van der Waals surface area contributed by atoms with Crippen molar-refractivity contribution in [2.45, 2.75) is 26.8 Å². The number of nitrogens with one attached hydrogen (secondary N) is 2. The van der Waals surface area contributed by atoms with Crippen LogP contribution in [0, 0.1) is 13.8 Å². The maximum atomic E-state index is 5.38. The molecule has 0 heterocycles. The number of methoxy groups -OCH3 is 1. The molecular weight excluding hydrogens is 292 g/mol. The van der Waals surface area contributed by atoms with Crippen molar-refractivity contribution in [3.8, 4) is 5.75 Å². The Morgan fingerprint density at radius 3 is 2.32 bits per heavy atom. The van der Waals surface area contributed by atoms with Gasteiger partial charge >= 0.3 is 0 Å². The Bertz CT molecular complexity index is 653. The Kier molecular flexibility index (Phi) is 5.39. The Morgan fingerprint density at radius 2 is 1.73 bits per heavy atom. The Balaban J connectivity index is 1.96. The maximum Gasteiger partial charge on any atom is 0.171 e. The highest BCUT2D eigenvalue weighted by Crippen LogP contribution is 2.18. The van der Waals surface area contributed by atoms with Crippen LogP contribution in [0.4, 0.5) is 5.69 Å². The van der Waals surface area contributed by atoms with Gasteiger partial charge in [-0.25, -0.2) is 0 Å². The van der Waals surface area contributed by atoms with Crippen LogP contribution in [-0.2, 0) is 0 Å². The predicted molar refractivity (Wildman–Crippen MR) is 96.7 cm³/mol. The van der Waals surface area contributed by atoms with Gasteiger partial charge in [-0.2, -0.15) is 0 Å². The first kappa shape index (κ1) is 16.3. The van der Waals surface area contributed by atoms with E-state index in [0.717, 1.165) is 11.4 Å². The van der Waals surface area contributed by atoms with Gasteiger partial charge in [-0.05, 0) is 73.9 Å². The largest absolute Gasteiger partial charge is 0.497 e. The fourth-order valence-electron chi connectivity index (χ4n) is 2.16. The minimum atomic E-state index is 0.151. The van der Waals surface area contributed by atoms with Crippen LogP contribution in [0.3, 0.4) is 0 Å². The first-order chi connectivity index (χ1) is 10.5. The number of rotatable bonds is 4. The van der Waals surface area contributed by atoms with E-state index in [1.165, 1.54) is 16.7 Å². The van der Waals surface area contributed by atoms with Crippen LogP contribution in [0.1, 0.15) is 29.7 Å². The van der Waals surface area contributed by atoms with E-state index in [4.69, 9.17) is 17.0 Å². The molecule has 0 aliphatic heterocycles. The van der Waals surface area contributed by atoms with Gasteiger partial charge < -0.3 is 15.4 Å². The second kappa shape index (κ2) is 7.27. The second-order valence-corrected chi connectivity index (χ2v) is 5.80. The summed E-state index contributed by atoms with van der Waals surface area (Å²) in [6.07, 6.45) is 0. The van der Waals surface area contributed by atoms with Crippen molar-refractivity contribution in [2.75, 3.05) is 12.4 Å². The molecule has 0 unspecified atom stereocenters. The number of ether oxygens (including phenoxy) is 1. The van der Waals surface area contributed by atoms with E-state index >= 15 is 0 Å². The average Bonchev–Trinajstić information content (AvgIpc) is 2.50. The Labute approximate surface area is 137 Å². The number of aryl methyl sites for hydroxylation is 2. The van der Waals surface area contributed by atoms with Crippen molar-refractivity contribution in [3.63, 3.8) is 0 Å². The monoisotopic (exact) mass is 314 g/mol. The minimum absolute atomic E-state index is 0.151.